The van der Waals surface area contributed by atoms with Gasteiger partial charge in [-0.25, -0.2) is 0 Å². The summed E-state index contributed by atoms with van der Waals surface area (Å²) in [6.45, 7) is 0. The molecule has 3 aromatic carbocycles. The molecule has 0 aliphatic rings. The first-order valence-electron chi connectivity index (χ1n) is 7.09. The van der Waals surface area contributed by atoms with Crippen molar-refractivity contribution in [2.45, 2.75) is 0 Å². The average Bonchev–Trinajstić information content (AvgIpc) is 2.88. The van der Waals surface area contributed by atoms with Crippen LogP contribution in [-0.2, 0) is 0 Å². The standard InChI is InChI=1S/C18H11BrN2O2/c19-12-8-9-16-15-6-1-2-7-17(15)20(18(16)10-12)13-4-3-5-14(11-13)21(22)23/h1-11H. The molecule has 0 saturated carbocycles. The van der Waals surface area contributed by atoms with E-state index in [9.17, 15) is 10.1 Å². The van der Waals surface area contributed by atoms with Crippen LogP contribution >= 0.6 is 15.9 Å². The van der Waals surface area contributed by atoms with E-state index in [0.29, 0.717) is 0 Å². The first-order chi connectivity index (χ1) is 11.1. The van der Waals surface area contributed by atoms with Gasteiger partial charge in [-0.3, -0.25) is 10.1 Å². The molecule has 0 N–H and O–H groups in total. The smallest absolute Gasteiger partial charge is 0.271 e. The molecule has 0 radical (unpaired) electrons. The number of nitrogens with zero attached hydrogens (tertiary/aromatic N) is 2. The van der Waals surface area contributed by atoms with Crippen molar-refractivity contribution < 1.29 is 4.92 Å². The minimum Gasteiger partial charge on any atom is -0.309 e. The van der Waals surface area contributed by atoms with Crippen molar-refractivity contribution in [1.29, 1.82) is 0 Å². The first kappa shape index (κ1) is 14.0. The summed E-state index contributed by atoms with van der Waals surface area (Å²) in [5.74, 6) is 0. The SMILES string of the molecule is O=[N+]([O-])c1cccc(-n2c3ccccc3c3ccc(Br)cc32)c1. The molecule has 0 atom stereocenters. The van der Waals surface area contributed by atoms with Gasteiger partial charge in [-0.15, -0.1) is 0 Å². The first-order valence-corrected chi connectivity index (χ1v) is 7.88. The number of nitro benzene ring substituents is 1. The second kappa shape index (κ2) is 5.21. The Balaban J connectivity index is 2.14. The molecule has 0 saturated heterocycles. The third-order valence-electron chi connectivity index (χ3n) is 3.93. The van der Waals surface area contributed by atoms with Crippen LogP contribution in [0.5, 0.6) is 0 Å². The van der Waals surface area contributed by atoms with E-state index in [1.807, 2.05) is 36.4 Å². The fourth-order valence-corrected chi connectivity index (χ4v) is 3.32. The van der Waals surface area contributed by atoms with Gasteiger partial charge in [0.2, 0.25) is 0 Å². The van der Waals surface area contributed by atoms with Gasteiger partial charge in [0, 0.05) is 27.4 Å². The number of hydrogen-bond donors (Lipinski definition) is 0. The molecular weight excluding hydrogens is 356 g/mol. The lowest BCUT2D eigenvalue weighted by atomic mass is 10.2. The van der Waals surface area contributed by atoms with Gasteiger partial charge in [0.05, 0.1) is 21.6 Å². The molecule has 0 aliphatic heterocycles. The fraction of sp³-hybridized carbons (Fsp3) is 0. The molecule has 0 amide bonds. The van der Waals surface area contributed by atoms with Gasteiger partial charge < -0.3 is 4.57 Å². The maximum absolute atomic E-state index is 11.1. The van der Waals surface area contributed by atoms with Gasteiger partial charge in [-0.1, -0.05) is 46.3 Å². The summed E-state index contributed by atoms with van der Waals surface area (Å²) in [6, 6.07) is 20.9. The topological polar surface area (TPSA) is 48.1 Å². The van der Waals surface area contributed by atoms with Gasteiger partial charge in [0.1, 0.15) is 0 Å². The number of hydrogen-bond acceptors (Lipinski definition) is 2. The lowest BCUT2D eigenvalue weighted by Crippen LogP contribution is -1.95. The van der Waals surface area contributed by atoms with Gasteiger partial charge >= 0.3 is 0 Å². The van der Waals surface area contributed by atoms with Crippen LogP contribution in [0.3, 0.4) is 0 Å². The minimum absolute atomic E-state index is 0.0865. The maximum atomic E-state index is 11.1. The second-order valence-corrected chi connectivity index (χ2v) is 6.21. The molecule has 0 unspecified atom stereocenters. The van der Waals surface area contributed by atoms with Crippen molar-refractivity contribution in [3.8, 4) is 5.69 Å². The normalized spacial score (nSPS) is 11.2. The number of benzene rings is 3. The molecule has 1 aromatic heterocycles. The number of rotatable bonds is 2. The van der Waals surface area contributed by atoms with E-state index in [1.165, 1.54) is 6.07 Å². The number of halogens is 1. The largest absolute Gasteiger partial charge is 0.309 e. The van der Waals surface area contributed by atoms with E-state index in [4.69, 9.17) is 0 Å². The van der Waals surface area contributed by atoms with Gasteiger partial charge in [0.15, 0.2) is 0 Å². The Morgan fingerprint density at radius 3 is 2.48 bits per heavy atom. The van der Waals surface area contributed by atoms with Crippen molar-refractivity contribution in [3.63, 3.8) is 0 Å². The lowest BCUT2D eigenvalue weighted by Gasteiger charge is -2.07. The van der Waals surface area contributed by atoms with Crippen LogP contribution in [0.2, 0.25) is 0 Å². The summed E-state index contributed by atoms with van der Waals surface area (Å²) in [5.41, 5.74) is 2.91. The number of non-ortho nitro benzene ring substituents is 1. The van der Waals surface area contributed by atoms with E-state index in [1.54, 1.807) is 12.1 Å². The van der Waals surface area contributed by atoms with Gasteiger partial charge in [-0.2, -0.15) is 0 Å². The highest BCUT2D eigenvalue weighted by Gasteiger charge is 2.14. The third-order valence-corrected chi connectivity index (χ3v) is 4.43. The van der Waals surface area contributed by atoms with Crippen molar-refractivity contribution in [3.05, 3.63) is 81.3 Å². The van der Waals surface area contributed by atoms with E-state index in [2.05, 4.69) is 32.6 Å². The lowest BCUT2D eigenvalue weighted by molar-refractivity contribution is -0.384. The van der Waals surface area contributed by atoms with Crippen molar-refractivity contribution in [2.24, 2.45) is 0 Å². The van der Waals surface area contributed by atoms with Crippen LogP contribution < -0.4 is 0 Å². The number of para-hydroxylation sites is 1. The molecule has 23 heavy (non-hydrogen) atoms. The summed E-state index contributed by atoms with van der Waals surface area (Å²) in [5, 5.41) is 13.3. The summed E-state index contributed by atoms with van der Waals surface area (Å²) in [6.07, 6.45) is 0. The highest BCUT2D eigenvalue weighted by atomic mass is 79.9. The van der Waals surface area contributed by atoms with Crippen molar-refractivity contribution in [1.82, 2.24) is 4.57 Å². The Morgan fingerprint density at radius 1 is 0.870 bits per heavy atom. The highest BCUT2D eigenvalue weighted by Crippen LogP contribution is 2.34. The van der Waals surface area contributed by atoms with Crippen LogP contribution in [0.1, 0.15) is 0 Å². The van der Waals surface area contributed by atoms with Crippen LogP contribution in [-0.4, -0.2) is 9.49 Å². The zero-order valence-corrected chi connectivity index (χ0v) is 13.5. The molecule has 4 aromatic rings. The van der Waals surface area contributed by atoms with Crippen molar-refractivity contribution >= 4 is 43.4 Å². The summed E-state index contributed by atoms with van der Waals surface area (Å²) in [4.78, 5) is 10.7. The van der Waals surface area contributed by atoms with Gasteiger partial charge in [0.25, 0.3) is 5.69 Å². The molecule has 4 rings (SSSR count). The summed E-state index contributed by atoms with van der Waals surface area (Å²) in [7, 11) is 0. The number of nitro groups is 1. The van der Waals surface area contributed by atoms with Crippen LogP contribution in [0.15, 0.2) is 71.2 Å². The Labute approximate surface area is 140 Å². The molecule has 0 bridgehead atoms. The summed E-state index contributed by atoms with van der Waals surface area (Å²) >= 11 is 3.51. The Hall–Kier alpha value is -2.66. The summed E-state index contributed by atoms with van der Waals surface area (Å²) < 4.78 is 3.03. The maximum Gasteiger partial charge on any atom is 0.271 e. The van der Waals surface area contributed by atoms with E-state index in [0.717, 1.165) is 32.0 Å². The Bertz CT molecular complexity index is 1070. The van der Waals surface area contributed by atoms with Crippen LogP contribution in [0.25, 0.3) is 27.5 Å². The van der Waals surface area contributed by atoms with E-state index in [-0.39, 0.29) is 10.6 Å². The predicted molar refractivity (Wildman–Crippen MR) is 95.1 cm³/mol. The molecule has 5 heteroatoms. The van der Waals surface area contributed by atoms with Crippen molar-refractivity contribution in [2.75, 3.05) is 0 Å². The number of fused-ring (bicyclic) bond motifs is 3. The fourth-order valence-electron chi connectivity index (χ4n) is 2.97. The molecule has 112 valence electrons. The second-order valence-electron chi connectivity index (χ2n) is 5.29. The monoisotopic (exact) mass is 366 g/mol. The molecule has 0 aliphatic carbocycles. The molecule has 4 nitrogen and oxygen atoms in total. The van der Waals surface area contributed by atoms with E-state index >= 15 is 0 Å². The van der Waals surface area contributed by atoms with Crippen LogP contribution in [0, 0.1) is 10.1 Å². The average molecular weight is 367 g/mol. The molecule has 1 heterocycles. The third kappa shape index (κ3) is 2.21. The number of aromatic nitrogens is 1. The van der Waals surface area contributed by atoms with Crippen LogP contribution in [0.4, 0.5) is 5.69 Å². The highest BCUT2D eigenvalue weighted by molar-refractivity contribution is 9.10. The predicted octanol–water partition coefficient (Wildman–Crippen LogP) is 5.45. The zero-order chi connectivity index (χ0) is 16.0. The van der Waals surface area contributed by atoms with Gasteiger partial charge in [-0.05, 0) is 24.3 Å². The quantitative estimate of drug-likeness (QED) is 0.349. The Morgan fingerprint density at radius 2 is 1.65 bits per heavy atom. The zero-order valence-electron chi connectivity index (χ0n) is 11.9. The molecule has 0 fully saturated rings. The Kier molecular flexibility index (Phi) is 3.16. The van der Waals surface area contributed by atoms with E-state index < -0.39 is 0 Å². The molecular formula is C18H11BrN2O2. The minimum atomic E-state index is -0.368. The molecule has 0 spiro atoms.